The van der Waals surface area contributed by atoms with Crippen LogP contribution >= 0.6 is 11.5 Å². The largest absolute Gasteiger partial charge is 0.337 e. The van der Waals surface area contributed by atoms with Crippen molar-refractivity contribution in [3.05, 3.63) is 24.3 Å². The van der Waals surface area contributed by atoms with Crippen LogP contribution in [-0.4, -0.2) is 37.4 Å². The zero-order chi connectivity index (χ0) is 13.9. The summed E-state index contributed by atoms with van der Waals surface area (Å²) in [6, 6.07) is 7.03. The topological polar surface area (TPSA) is 88.2 Å². The Hall–Kier alpha value is -1.67. The van der Waals surface area contributed by atoms with Crippen LogP contribution in [0, 0.1) is 0 Å². The second-order valence-electron chi connectivity index (χ2n) is 4.04. The lowest BCUT2D eigenvalue weighted by Crippen LogP contribution is -2.32. The van der Waals surface area contributed by atoms with Gasteiger partial charge in [0, 0.05) is 18.2 Å². The molecule has 2 rings (SSSR count). The number of nitrogens with one attached hydrogen (secondary N) is 2. The molecular weight excluding hydrogens is 286 g/mol. The molecular formula is C11H13N3O3S2. The van der Waals surface area contributed by atoms with E-state index in [9.17, 15) is 13.2 Å². The molecule has 0 radical (unpaired) electrons. The number of aromatic nitrogens is 1. The van der Waals surface area contributed by atoms with Crippen molar-refractivity contribution in [1.82, 2.24) is 9.69 Å². The number of hydrogen-bond donors (Lipinski definition) is 2. The maximum atomic E-state index is 11.6. The molecule has 1 aromatic carbocycles. The minimum Gasteiger partial charge on any atom is -0.337 e. The fraction of sp³-hybridized carbons (Fsp3) is 0.273. The molecule has 2 aromatic rings. The van der Waals surface area contributed by atoms with Gasteiger partial charge in [0.25, 0.3) is 0 Å². The van der Waals surface area contributed by atoms with Crippen LogP contribution in [0.2, 0.25) is 0 Å². The van der Waals surface area contributed by atoms with E-state index in [1.165, 1.54) is 11.5 Å². The molecule has 0 saturated heterocycles. The number of rotatable bonds is 4. The molecule has 0 bridgehead atoms. The van der Waals surface area contributed by atoms with E-state index in [4.69, 9.17) is 0 Å². The first-order valence-corrected chi connectivity index (χ1v) is 8.36. The molecule has 19 heavy (non-hydrogen) atoms. The Morgan fingerprint density at radius 3 is 2.84 bits per heavy atom. The number of urea groups is 1. The van der Waals surface area contributed by atoms with Gasteiger partial charge in [-0.05, 0) is 23.7 Å². The number of anilines is 1. The van der Waals surface area contributed by atoms with E-state index in [1.54, 1.807) is 0 Å². The molecule has 102 valence electrons. The lowest BCUT2D eigenvalue weighted by atomic mass is 10.2. The molecule has 1 heterocycles. The van der Waals surface area contributed by atoms with Crippen molar-refractivity contribution < 1.29 is 13.2 Å². The van der Waals surface area contributed by atoms with Crippen LogP contribution in [-0.2, 0) is 9.84 Å². The molecule has 8 heteroatoms. The Morgan fingerprint density at radius 2 is 2.11 bits per heavy atom. The van der Waals surface area contributed by atoms with Gasteiger partial charge in [0.1, 0.15) is 14.8 Å². The highest BCUT2D eigenvalue weighted by Gasteiger charge is 2.09. The number of amides is 2. The Balaban J connectivity index is 1.96. The van der Waals surface area contributed by atoms with Crippen molar-refractivity contribution in [3.8, 4) is 0 Å². The summed E-state index contributed by atoms with van der Waals surface area (Å²) in [4.78, 5) is 11.6. The molecule has 2 amide bonds. The van der Waals surface area contributed by atoms with Crippen molar-refractivity contribution >= 4 is 43.3 Å². The standard InChI is InChI=1S/C11H13N3O3S2/c1-19(16,17)7-6-12-11(15)13-10-8-4-2-3-5-9(8)14-18-10/h2-5H,6-7H2,1H3,(H2,12,13,15). The molecule has 0 aliphatic heterocycles. The summed E-state index contributed by atoms with van der Waals surface area (Å²) in [5.74, 6) is -0.0795. The number of nitrogens with zero attached hydrogens (tertiary/aromatic N) is 1. The van der Waals surface area contributed by atoms with Gasteiger partial charge >= 0.3 is 6.03 Å². The van der Waals surface area contributed by atoms with Gasteiger partial charge in [0.05, 0.1) is 11.3 Å². The maximum absolute atomic E-state index is 11.6. The Labute approximate surface area is 114 Å². The van der Waals surface area contributed by atoms with Crippen LogP contribution in [0.5, 0.6) is 0 Å². The highest BCUT2D eigenvalue weighted by Crippen LogP contribution is 2.26. The molecule has 0 spiro atoms. The summed E-state index contributed by atoms with van der Waals surface area (Å²) in [7, 11) is -3.07. The first kappa shape index (κ1) is 13.8. The molecule has 2 N–H and O–H groups in total. The molecule has 0 unspecified atom stereocenters. The van der Waals surface area contributed by atoms with E-state index < -0.39 is 15.9 Å². The summed E-state index contributed by atoms with van der Waals surface area (Å²) < 4.78 is 26.0. The van der Waals surface area contributed by atoms with Gasteiger partial charge in [-0.15, -0.1) is 0 Å². The first-order chi connectivity index (χ1) is 8.96. The van der Waals surface area contributed by atoms with Gasteiger partial charge in [-0.1, -0.05) is 12.1 Å². The third-order valence-electron chi connectivity index (χ3n) is 2.37. The Kier molecular flexibility index (Phi) is 4.01. The molecule has 6 nitrogen and oxygen atoms in total. The van der Waals surface area contributed by atoms with Gasteiger partial charge in [0.2, 0.25) is 0 Å². The smallest absolute Gasteiger partial charge is 0.319 e. The zero-order valence-corrected chi connectivity index (χ0v) is 11.8. The summed E-state index contributed by atoms with van der Waals surface area (Å²) in [5, 5.41) is 6.67. The SMILES string of the molecule is CS(=O)(=O)CCNC(=O)Nc1snc2ccccc12. The summed E-state index contributed by atoms with van der Waals surface area (Å²) in [6.07, 6.45) is 1.13. The third-order valence-corrected chi connectivity index (χ3v) is 4.11. The van der Waals surface area contributed by atoms with Crippen molar-refractivity contribution in [1.29, 1.82) is 0 Å². The van der Waals surface area contributed by atoms with Crippen LogP contribution in [0.15, 0.2) is 24.3 Å². The summed E-state index contributed by atoms with van der Waals surface area (Å²) in [5.41, 5.74) is 0.818. The van der Waals surface area contributed by atoms with Crippen molar-refractivity contribution in [3.63, 3.8) is 0 Å². The van der Waals surface area contributed by atoms with Gasteiger partial charge in [-0.3, -0.25) is 5.32 Å². The van der Waals surface area contributed by atoms with Gasteiger partial charge in [0.15, 0.2) is 0 Å². The molecule has 0 atom stereocenters. The molecule has 0 aliphatic carbocycles. The average molecular weight is 299 g/mol. The Bertz CT molecular complexity index is 694. The number of hydrogen-bond acceptors (Lipinski definition) is 5. The van der Waals surface area contributed by atoms with Gasteiger partial charge in [-0.25, -0.2) is 13.2 Å². The van der Waals surface area contributed by atoms with Crippen molar-refractivity contribution in [2.75, 3.05) is 23.9 Å². The lowest BCUT2D eigenvalue weighted by molar-refractivity contribution is 0.252. The second-order valence-corrected chi connectivity index (χ2v) is 7.07. The molecule has 0 fully saturated rings. The minimum atomic E-state index is -3.07. The van der Waals surface area contributed by atoms with Crippen molar-refractivity contribution in [2.45, 2.75) is 0 Å². The van der Waals surface area contributed by atoms with Crippen LogP contribution in [0.1, 0.15) is 0 Å². The van der Waals surface area contributed by atoms with E-state index in [-0.39, 0.29) is 12.3 Å². The quantitative estimate of drug-likeness (QED) is 0.894. The Morgan fingerprint density at radius 1 is 1.37 bits per heavy atom. The lowest BCUT2D eigenvalue weighted by Gasteiger charge is -2.05. The molecule has 0 aliphatic rings. The number of carbonyl (C=O) groups excluding carboxylic acids is 1. The number of fused-ring (bicyclic) bond motifs is 1. The third kappa shape index (κ3) is 3.90. The number of sulfone groups is 1. The monoisotopic (exact) mass is 299 g/mol. The highest BCUT2D eigenvalue weighted by molar-refractivity contribution is 7.90. The second kappa shape index (κ2) is 5.54. The average Bonchev–Trinajstić information content (AvgIpc) is 2.71. The summed E-state index contributed by atoms with van der Waals surface area (Å²) >= 11 is 1.19. The van der Waals surface area contributed by atoms with E-state index in [1.807, 2.05) is 24.3 Å². The fourth-order valence-electron chi connectivity index (χ4n) is 1.48. The van der Waals surface area contributed by atoms with E-state index in [0.29, 0.717) is 5.00 Å². The summed E-state index contributed by atoms with van der Waals surface area (Å²) in [6.45, 7) is 0.0847. The van der Waals surface area contributed by atoms with Gasteiger partial charge in [-0.2, -0.15) is 4.37 Å². The number of carbonyl (C=O) groups is 1. The highest BCUT2D eigenvalue weighted by atomic mass is 32.2. The minimum absolute atomic E-state index is 0.0795. The fourth-order valence-corrected chi connectivity index (χ4v) is 2.71. The maximum Gasteiger partial charge on any atom is 0.319 e. The predicted molar refractivity (Wildman–Crippen MR) is 76.4 cm³/mol. The van der Waals surface area contributed by atoms with E-state index in [0.717, 1.165) is 17.2 Å². The van der Waals surface area contributed by atoms with E-state index >= 15 is 0 Å². The van der Waals surface area contributed by atoms with Crippen LogP contribution in [0.4, 0.5) is 9.80 Å². The zero-order valence-electron chi connectivity index (χ0n) is 10.2. The van der Waals surface area contributed by atoms with Crippen molar-refractivity contribution in [2.24, 2.45) is 0 Å². The van der Waals surface area contributed by atoms with Crippen LogP contribution < -0.4 is 10.6 Å². The predicted octanol–water partition coefficient (Wildman–Crippen LogP) is 1.46. The normalized spacial score (nSPS) is 11.4. The molecule has 1 aromatic heterocycles. The van der Waals surface area contributed by atoms with Crippen LogP contribution in [0.25, 0.3) is 10.9 Å². The molecule has 0 saturated carbocycles. The first-order valence-electron chi connectivity index (χ1n) is 5.53. The van der Waals surface area contributed by atoms with E-state index in [2.05, 4.69) is 15.0 Å². The van der Waals surface area contributed by atoms with Crippen LogP contribution in [0.3, 0.4) is 0 Å². The van der Waals surface area contributed by atoms with Gasteiger partial charge < -0.3 is 5.32 Å². The number of benzene rings is 1.